The Morgan fingerprint density at radius 1 is 1.20 bits per heavy atom. The zero-order chi connectivity index (χ0) is 18.1. The number of aryl methyl sites for hydroxylation is 2. The monoisotopic (exact) mass is 346 g/mol. The number of nitrogens with zero attached hydrogens (tertiary/aromatic N) is 2. The summed E-state index contributed by atoms with van der Waals surface area (Å²) in [7, 11) is 3.61. The molecule has 0 bridgehead atoms. The van der Waals surface area contributed by atoms with Gasteiger partial charge in [-0.25, -0.2) is 0 Å². The first-order valence-corrected chi connectivity index (χ1v) is 9.36. The Kier molecular flexibility index (Phi) is 8.22. The average Bonchev–Trinajstić information content (AvgIpc) is 2.59. The second-order valence-electron chi connectivity index (χ2n) is 7.00. The molecule has 5 nitrogen and oxygen atoms in total. The number of benzene rings is 1. The van der Waals surface area contributed by atoms with Crippen LogP contribution in [0.2, 0.25) is 0 Å². The Morgan fingerprint density at radius 3 is 2.48 bits per heavy atom. The van der Waals surface area contributed by atoms with Gasteiger partial charge in [0.15, 0.2) is 5.96 Å². The summed E-state index contributed by atoms with van der Waals surface area (Å²) in [4.78, 5) is 6.85. The molecular weight excluding hydrogens is 312 g/mol. The van der Waals surface area contributed by atoms with E-state index in [0.717, 1.165) is 58.0 Å². The molecule has 0 amide bonds. The summed E-state index contributed by atoms with van der Waals surface area (Å²) in [5.41, 5.74) is 4.04. The largest absolute Gasteiger partial charge is 0.383 e. The molecule has 0 atom stereocenters. The lowest BCUT2D eigenvalue weighted by molar-refractivity contribution is 0.128. The highest BCUT2D eigenvalue weighted by Gasteiger charge is 2.19. The number of guanidine groups is 1. The number of aliphatic imine (C=N–C) groups is 1. The minimum absolute atomic E-state index is 0.506. The third kappa shape index (κ3) is 7.04. The topological polar surface area (TPSA) is 48.9 Å². The lowest BCUT2D eigenvalue weighted by Crippen LogP contribution is -2.49. The number of ether oxygens (including phenoxy) is 1. The Balaban J connectivity index is 1.70. The molecule has 1 heterocycles. The molecule has 1 aliphatic rings. The fourth-order valence-corrected chi connectivity index (χ4v) is 3.45. The van der Waals surface area contributed by atoms with Gasteiger partial charge >= 0.3 is 0 Å². The summed E-state index contributed by atoms with van der Waals surface area (Å²) in [6.45, 7) is 9.31. The maximum absolute atomic E-state index is 5.16. The standard InChI is InChI=1S/C20H34N4O/c1-16-13-17(2)15-18(14-16)5-8-22-20(21-3)23-19-6-9-24(10-7-19)11-12-25-4/h13-15,19H,5-12H2,1-4H3,(H2,21,22,23). The minimum atomic E-state index is 0.506. The van der Waals surface area contributed by atoms with Crippen molar-refractivity contribution in [2.75, 3.05) is 46.9 Å². The van der Waals surface area contributed by atoms with Gasteiger partial charge in [-0.15, -0.1) is 0 Å². The van der Waals surface area contributed by atoms with E-state index < -0.39 is 0 Å². The van der Waals surface area contributed by atoms with E-state index in [1.807, 2.05) is 7.05 Å². The van der Waals surface area contributed by atoms with Gasteiger partial charge in [0.25, 0.3) is 0 Å². The SMILES string of the molecule is CN=C(NCCc1cc(C)cc(C)c1)NC1CCN(CCOC)CC1. The molecule has 2 N–H and O–H groups in total. The van der Waals surface area contributed by atoms with E-state index in [1.54, 1.807) is 7.11 Å². The van der Waals surface area contributed by atoms with Gasteiger partial charge in [-0.1, -0.05) is 29.3 Å². The summed E-state index contributed by atoms with van der Waals surface area (Å²) in [5.74, 6) is 0.916. The molecule has 1 aromatic rings. The molecule has 1 aliphatic heterocycles. The van der Waals surface area contributed by atoms with Crippen molar-refractivity contribution in [2.24, 2.45) is 4.99 Å². The van der Waals surface area contributed by atoms with Gasteiger partial charge in [0.05, 0.1) is 6.61 Å². The van der Waals surface area contributed by atoms with Gasteiger partial charge in [0.2, 0.25) is 0 Å². The van der Waals surface area contributed by atoms with Crippen molar-refractivity contribution in [1.82, 2.24) is 15.5 Å². The van der Waals surface area contributed by atoms with Crippen molar-refractivity contribution in [2.45, 2.75) is 39.2 Å². The van der Waals surface area contributed by atoms with Crippen LogP contribution < -0.4 is 10.6 Å². The van der Waals surface area contributed by atoms with Crippen molar-refractivity contribution in [3.05, 3.63) is 34.9 Å². The minimum Gasteiger partial charge on any atom is -0.383 e. The fourth-order valence-electron chi connectivity index (χ4n) is 3.45. The molecule has 2 rings (SSSR count). The van der Waals surface area contributed by atoms with Crippen molar-refractivity contribution >= 4 is 5.96 Å². The van der Waals surface area contributed by atoms with Crippen LogP contribution in [0.15, 0.2) is 23.2 Å². The van der Waals surface area contributed by atoms with E-state index in [0.29, 0.717) is 6.04 Å². The lowest BCUT2D eigenvalue weighted by Gasteiger charge is -2.32. The normalized spacial score (nSPS) is 16.9. The molecule has 0 spiro atoms. The summed E-state index contributed by atoms with van der Waals surface area (Å²) >= 11 is 0. The van der Waals surface area contributed by atoms with E-state index in [9.17, 15) is 0 Å². The van der Waals surface area contributed by atoms with E-state index in [1.165, 1.54) is 16.7 Å². The molecule has 0 aromatic heterocycles. The lowest BCUT2D eigenvalue weighted by atomic mass is 10.0. The van der Waals surface area contributed by atoms with Crippen LogP contribution in [0, 0.1) is 13.8 Å². The number of hydrogen-bond acceptors (Lipinski definition) is 3. The average molecular weight is 347 g/mol. The molecule has 25 heavy (non-hydrogen) atoms. The summed E-state index contributed by atoms with van der Waals surface area (Å²) in [6, 6.07) is 7.25. The van der Waals surface area contributed by atoms with Gasteiger partial charge in [0, 0.05) is 46.4 Å². The quantitative estimate of drug-likeness (QED) is 0.586. The predicted molar refractivity (Wildman–Crippen MR) is 105 cm³/mol. The van der Waals surface area contributed by atoms with Crippen LogP contribution in [0.1, 0.15) is 29.5 Å². The molecule has 0 radical (unpaired) electrons. The van der Waals surface area contributed by atoms with Crippen LogP contribution in [0.5, 0.6) is 0 Å². The number of nitrogens with one attached hydrogen (secondary N) is 2. The first-order chi connectivity index (χ1) is 12.1. The van der Waals surface area contributed by atoms with Crippen LogP contribution in [0.25, 0.3) is 0 Å². The van der Waals surface area contributed by atoms with E-state index >= 15 is 0 Å². The maximum atomic E-state index is 5.16. The zero-order valence-electron chi connectivity index (χ0n) is 16.3. The summed E-state index contributed by atoms with van der Waals surface area (Å²) in [5, 5.41) is 7.03. The third-order valence-electron chi connectivity index (χ3n) is 4.75. The number of methoxy groups -OCH3 is 1. The molecule has 5 heteroatoms. The first-order valence-electron chi connectivity index (χ1n) is 9.36. The Morgan fingerprint density at radius 2 is 1.88 bits per heavy atom. The molecular formula is C20H34N4O. The van der Waals surface area contributed by atoms with Gasteiger partial charge in [-0.2, -0.15) is 0 Å². The van der Waals surface area contributed by atoms with Crippen LogP contribution in [0.3, 0.4) is 0 Å². The van der Waals surface area contributed by atoms with Crippen molar-refractivity contribution < 1.29 is 4.74 Å². The van der Waals surface area contributed by atoms with Gasteiger partial charge < -0.3 is 20.3 Å². The first kappa shape index (κ1) is 19.7. The van der Waals surface area contributed by atoms with Crippen molar-refractivity contribution in [3.63, 3.8) is 0 Å². The highest BCUT2D eigenvalue weighted by atomic mass is 16.5. The van der Waals surface area contributed by atoms with Gasteiger partial charge in [-0.05, 0) is 38.7 Å². The fraction of sp³-hybridized carbons (Fsp3) is 0.650. The van der Waals surface area contributed by atoms with Crippen molar-refractivity contribution in [3.8, 4) is 0 Å². The summed E-state index contributed by atoms with van der Waals surface area (Å²) in [6.07, 6.45) is 3.32. The molecule has 0 saturated carbocycles. The zero-order valence-corrected chi connectivity index (χ0v) is 16.3. The predicted octanol–water partition coefficient (Wildman–Crippen LogP) is 2.12. The van der Waals surface area contributed by atoms with E-state index in [4.69, 9.17) is 4.74 Å². The van der Waals surface area contributed by atoms with Crippen LogP contribution >= 0.6 is 0 Å². The summed E-state index contributed by atoms with van der Waals surface area (Å²) < 4.78 is 5.16. The molecule has 1 aromatic carbocycles. The Bertz CT molecular complexity index is 530. The number of rotatable bonds is 7. The molecule has 1 fully saturated rings. The number of piperidine rings is 1. The Labute approximate surface area is 152 Å². The maximum Gasteiger partial charge on any atom is 0.191 e. The highest BCUT2D eigenvalue weighted by molar-refractivity contribution is 5.79. The van der Waals surface area contributed by atoms with Crippen molar-refractivity contribution in [1.29, 1.82) is 0 Å². The Hall–Kier alpha value is -1.59. The molecule has 0 aliphatic carbocycles. The molecule has 0 unspecified atom stereocenters. The van der Waals surface area contributed by atoms with Gasteiger partial charge in [0.1, 0.15) is 0 Å². The van der Waals surface area contributed by atoms with Crippen LogP contribution in [-0.4, -0.2) is 63.8 Å². The second-order valence-corrected chi connectivity index (χ2v) is 7.00. The third-order valence-corrected chi connectivity index (χ3v) is 4.75. The smallest absolute Gasteiger partial charge is 0.191 e. The van der Waals surface area contributed by atoms with E-state index in [2.05, 4.69) is 52.6 Å². The molecule has 1 saturated heterocycles. The van der Waals surface area contributed by atoms with Crippen LogP contribution in [0.4, 0.5) is 0 Å². The van der Waals surface area contributed by atoms with E-state index in [-0.39, 0.29) is 0 Å². The number of likely N-dealkylation sites (tertiary alicyclic amines) is 1. The van der Waals surface area contributed by atoms with Crippen LogP contribution in [-0.2, 0) is 11.2 Å². The van der Waals surface area contributed by atoms with Gasteiger partial charge in [-0.3, -0.25) is 4.99 Å². The number of hydrogen-bond donors (Lipinski definition) is 2. The molecule has 140 valence electrons. The second kappa shape index (κ2) is 10.4. The highest BCUT2D eigenvalue weighted by Crippen LogP contribution is 2.10.